The second-order valence-electron chi connectivity index (χ2n) is 7.30. The fourth-order valence-electron chi connectivity index (χ4n) is 3.34. The molecule has 1 amide bonds. The van der Waals surface area contributed by atoms with Crippen LogP contribution in [0.2, 0.25) is 0 Å². The molecule has 2 heterocycles. The number of carbonyl (C=O) groups is 1. The number of rotatable bonds is 7. The maximum absolute atomic E-state index is 12.8. The molecule has 1 fully saturated rings. The van der Waals surface area contributed by atoms with E-state index in [-0.39, 0.29) is 11.0 Å². The highest BCUT2D eigenvalue weighted by molar-refractivity contribution is 8.72. The average molecular weight is 487 g/mol. The number of hydrogen-bond acceptors (Lipinski definition) is 8. The van der Waals surface area contributed by atoms with E-state index in [1.807, 2.05) is 0 Å². The molecule has 0 aliphatic carbocycles. The van der Waals surface area contributed by atoms with Crippen LogP contribution in [-0.2, 0) is 8.87 Å². The molecular formula is C22H22N4O5S2. The highest BCUT2D eigenvalue weighted by atomic mass is 33.1. The molecule has 4 rings (SSSR count). The third kappa shape index (κ3) is 5.93. The summed E-state index contributed by atoms with van der Waals surface area (Å²) in [4.78, 5) is 21.5. The highest BCUT2D eigenvalue weighted by Gasteiger charge is 2.24. The Morgan fingerprint density at radius 1 is 1.06 bits per heavy atom. The Labute approximate surface area is 195 Å². The van der Waals surface area contributed by atoms with Crippen LogP contribution >= 0.6 is 10.8 Å². The van der Waals surface area contributed by atoms with E-state index >= 15 is 0 Å². The largest absolute Gasteiger partial charge is 0.474 e. The van der Waals surface area contributed by atoms with Crippen LogP contribution in [0.15, 0.2) is 76.8 Å². The quantitative estimate of drug-likeness (QED) is 0.473. The summed E-state index contributed by atoms with van der Waals surface area (Å²) in [6, 6.07) is 17.0. The van der Waals surface area contributed by atoms with Crippen molar-refractivity contribution in [2.24, 2.45) is 0 Å². The highest BCUT2D eigenvalue weighted by Crippen LogP contribution is 2.36. The van der Waals surface area contributed by atoms with E-state index in [2.05, 4.69) is 15.3 Å². The van der Waals surface area contributed by atoms with Crippen molar-refractivity contribution < 1.29 is 23.1 Å². The summed E-state index contributed by atoms with van der Waals surface area (Å²) in [6.45, 7) is 0.827. The number of benzene rings is 2. The van der Waals surface area contributed by atoms with Gasteiger partial charge >= 0.3 is 6.09 Å². The first-order chi connectivity index (χ1) is 15.9. The number of ether oxygens (including phenoxy) is 1. The fraction of sp³-hybridized carbons (Fsp3) is 0.227. The van der Waals surface area contributed by atoms with E-state index < -0.39 is 15.0 Å². The molecule has 0 unspecified atom stereocenters. The summed E-state index contributed by atoms with van der Waals surface area (Å²) in [5.74, 6) is 0.816. The predicted octanol–water partition coefficient (Wildman–Crippen LogP) is 4.22. The second-order valence-corrected chi connectivity index (χ2v) is 11.1. The zero-order valence-electron chi connectivity index (χ0n) is 17.5. The Morgan fingerprint density at radius 2 is 1.76 bits per heavy atom. The van der Waals surface area contributed by atoms with E-state index in [0.29, 0.717) is 48.2 Å². The van der Waals surface area contributed by atoms with Gasteiger partial charge in [-0.25, -0.2) is 23.2 Å². The van der Waals surface area contributed by atoms with Crippen LogP contribution in [0.1, 0.15) is 12.8 Å². The number of amides is 1. The van der Waals surface area contributed by atoms with E-state index in [1.165, 1.54) is 11.2 Å². The van der Waals surface area contributed by atoms with Gasteiger partial charge in [0.05, 0.1) is 10.6 Å². The molecule has 1 saturated heterocycles. The number of anilines is 2. The van der Waals surface area contributed by atoms with Gasteiger partial charge in [-0.15, -0.1) is 0 Å². The first-order valence-corrected chi connectivity index (χ1v) is 13.0. The topological polar surface area (TPSA) is 122 Å². The SMILES string of the molecule is O=C(O)N1CCC(Oc2cc(Nc3ccccc3SS(=O)(=O)c3ccccc3)ncn2)CC1. The van der Waals surface area contributed by atoms with Crippen LogP contribution in [0.3, 0.4) is 0 Å². The molecule has 172 valence electrons. The molecule has 1 aliphatic heterocycles. The first kappa shape index (κ1) is 22.9. The van der Waals surface area contributed by atoms with Crippen molar-refractivity contribution in [3.63, 3.8) is 0 Å². The minimum Gasteiger partial charge on any atom is -0.474 e. The van der Waals surface area contributed by atoms with Gasteiger partial charge in [0.25, 0.3) is 0 Å². The summed E-state index contributed by atoms with van der Waals surface area (Å²) < 4.78 is 31.5. The molecular weight excluding hydrogens is 464 g/mol. The molecule has 0 radical (unpaired) electrons. The van der Waals surface area contributed by atoms with E-state index in [1.54, 1.807) is 60.7 Å². The molecule has 11 heteroatoms. The summed E-state index contributed by atoms with van der Waals surface area (Å²) in [5, 5.41) is 12.2. The molecule has 2 aromatic carbocycles. The number of nitrogens with one attached hydrogen (secondary N) is 1. The number of para-hydroxylation sites is 1. The third-order valence-electron chi connectivity index (χ3n) is 5.02. The minimum absolute atomic E-state index is 0.137. The molecule has 33 heavy (non-hydrogen) atoms. The molecule has 3 aromatic rings. The Balaban J connectivity index is 1.45. The van der Waals surface area contributed by atoms with Gasteiger partial charge in [0.15, 0.2) is 0 Å². The average Bonchev–Trinajstić information content (AvgIpc) is 2.81. The monoisotopic (exact) mass is 486 g/mol. The first-order valence-electron chi connectivity index (χ1n) is 10.2. The maximum atomic E-state index is 12.8. The zero-order chi connectivity index (χ0) is 23.3. The van der Waals surface area contributed by atoms with Crippen molar-refractivity contribution in [1.29, 1.82) is 0 Å². The van der Waals surface area contributed by atoms with Gasteiger partial charge in [0.2, 0.25) is 14.7 Å². The lowest BCUT2D eigenvalue weighted by molar-refractivity contribution is 0.0870. The molecule has 0 saturated carbocycles. The predicted molar refractivity (Wildman–Crippen MR) is 124 cm³/mol. The van der Waals surface area contributed by atoms with Crippen molar-refractivity contribution in [3.8, 4) is 5.88 Å². The van der Waals surface area contributed by atoms with Gasteiger partial charge < -0.3 is 20.1 Å². The van der Waals surface area contributed by atoms with Crippen molar-refractivity contribution >= 4 is 37.3 Å². The van der Waals surface area contributed by atoms with Crippen molar-refractivity contribution in [2.75, 3.05) is 18.4 Å². The van der Waals surface area contributed by atoms with Crippen molar-refractivity contribution in [1.82, 2.24) is 14.9 Å². The molecule has 9 nitrogen and oxygen atoms in total. The van der Waals surface area contributed by atoms with Crippen LogP contribution in [0.4, 0.5) is 16.3 Å². The minimum atomic E-state index is -3.59. The van der Waals surface area contributed by atoms with Crippen LogP contribution in [0, 0.1) is 0 Å². The normalized spacial score (nSPS) is 14.6. The van der Waals surface area contributed by atoms with Gasteiger partial charge in [-0.05, 0) is 24.3 Å². The number of hydrogen-bond donors (Lipinski definition) is 2. The Morgan fingerprint density at radius 3 is 2.48 bits per heavy atom. The second kappa shape index (κ2) is 10.1. The van der Waals surface area contributed by atoms with Gasteiger partial charge in [-0.2, -0.15) is 0 Å². The number of aromatic nitrogens is 2. The molecule has 1 aliphatic rings. The molecule has 0 bridgehead atoms. The number of nitrogens with zero attached hydrogens (tertiary/aromatic N) is 3. The fourth-order valence-corrected chi connectivity index (χ4v) is 6.28. The summed E-state index contributed by atoms with van der Waals surface area (Å²) in [5.41, 5.74) is 0.585. The molecule has 2 N–H and O–H groups in total. The van der Waals surface area contributed by atoms with Crippen LogP contribution in [-0.4, -0.2) is 53.7 Å². The van der Waals surface area contributed by atoms with Crippen LogP contribution in [0.25, 0.3) is 0 Å². The van der Waals surface area contributed by atoms with Gasteiger partial charge in [0.1, 0.15) is 18.2 Å². The molecule has 1 aromatic heterocycles. The van der Waals surface area contributed by atoms with Gasteiger partial charge in [0, 0.05) is 47.7 Å². The summed E-state index contributed by atoms with van der Waals surface area (Å²) >= 11 is 0. The lowest BCUT2D eigenvalue weighted by Gasteiger charge is -2.29. The van der Waals surface area contributed by atoms with Crippen LogP contribution < -0.4 is 10.1 Å². The van der Waals surface area contributed by atoms with E-state index in [9.17, 15) is 13.2 Å². The maximum Gasteiger partial charge on any atom is 0.407 e. The lowest BCUT2D eigenvalue weighted by Crippen LogP contribution is -2.41. The third-order valence-corrected chi connectivity index (χ3v) is 8.40. The van der Waals surface area contributed by atoms with Crippen molar-refractivity contribution in [3.05, 3.63) is 67.0 Å². The summed E-state index contributed by atoms with van der Waals surface area (Å²) in [7, 11) is -2.83. The molecule has 0 atom stereocenters. The van der Waals surface area contributed by atoms with Crippen LogP contribution in [0.5, 0.6) is 5.88 Å². The number of likely N-dealkylation sites (tertiary alicyclic amines) is 1. The Bertz CT molecular complexity index is 1220. The number of piperidine rings is 1. The Kier molecular flexibility index (Phi) is 6.99. The number of carboxylic acid groups (broad SMARTS) is 1. The standard InChI is InChI=1S/C22H22N4O5S2/c27-22(28)26-12-10-16(11-13-26)31-21-14-20(23-15-24-21)25-18-8-4-5-9-19(18)32-33(29,30)17-6-2-1-3-7-17/h1-9,14-16H,10-13H2,(H,27,28)(H,23,24,25). The van der Waals surface area contributed by atoms with E-state index in [0.717, 1.165) is 10.8 Å². The van der Waals surface area contributed by atoms with Gasteiger partial charge in [-0.3, -0.25) is 0 Å². The van der Waals surface area contributed by atoms with Crippen molar-refractivity contribution in [2.45, 2.75) is 28.7 Å². The van der Waals surface area contributed by atoms with E-state index in [4.69, 9.17) is 9.84 Å². The summed E-state index contributed by atoms with van der Waals surface area (Å²) in [6.07, 6.45) is 1.46. The smallest absolute Gasteiger partial charge is 0.407 e. The van der Waals surface area contributed by atoms with Gasteiger partial charge in [-0.1, -0.05) is 30.3 Å². The Hall–Kier alpha value is -3.31. The lowest BCUT2D eigenvalue weighted by atomic mass is 10.1. The zero-order valence-corrected chi connectivity index (χ0v) is 19.1. The molecule has 0 spiro atoms.